The highest BCUT2D eigenvalue weighted by molar-refractivity contribution is 5.93. The number of nitrogens with zero attached hydrogens (tertiary/aromatic N) is 1. The van der Waals surface area contributed by atoms with Gasteiger partial charge < -0.3 is 14.8 Å². The van der Waals surface area contributed by atoms with Crippen molar-refractivity contribution >= 4 is 5.91 Å². The maximum absolute atomic E-state index is 12.1. The Labute approximate surface area is 110 Å². The predicted octanol–water partition coefficient (Wildman–Crippen LogP) is 1.37. The van der Waals surface area contributed by atoms with Crippen molar-refractivity contribution < 1.29 is 14.3 Å². The fraction of sp³-hybridized carbons (Fsp3) is 0.286. The number of nitrogens with one attached hydrogen (secondary N) is 1. The third kappa shape index (κ3) is 2.02. The van der Waals surface area contributed by atoms with Crippen LogP contribution in [0, 0.1) is 6.92 Å². The number of hydrogen-bond acceptors (Lipinski definition) is 4. The van der Waals surface area contributed by atoms with E-state index in [1.807, 2.05) is 24.3 Å². The fourth-order valence-corrected chi connectivity index (χ4v) is 2.48. The fourth-order valence-electron chi connectivity index (χ4n) is 2.48. The van der Waals surface area contributed by atoms with E-state index in [9.17, 15) is 9.90 Å². The number of aryl methyl sites for hydroxylation is 1. The first-order valence-corrected chi connectivity index (χ1v) is 6.13. The molecule has 1 aromatic carbocycles. The van der Waals surface area contributed by atoms with Gasteiger partial charge in [0.25, 0.3) is 5.91 Å². The van der Waals surface area contributed by atoms with Crippen LogP contribution in [0.25, 0.3) is 0 Å². The molecule has 1 aliphatic rings. The number of aromatic nitrogens is 1. The number of carbonyl (C=O) groups excluding carboxylic acids is 1. The van der Waals surface area contributed by atoms with E-state index in [0.717, 1.165) is 11.1 Å². The molecule has 0 spiro atoms. The van der Waals surface area contributed by atoms with Crippen LogP contribution in [0.4, 0.5) is 0 Å². The summed E-state index contributed by atoms with van der Waals surface area (Å²) in [4.78, 5) is 16.0. The van der Waals surface area contributed by atoms with Gasteiger partial charge in [-0.25, -0.2) is 4.98 Å². The number of oxazole rings is 1. The highest BCUT2D eigenvalue weighted by Gasteiger charge is 2.32. The van der Waals surface area contributed by atoms with Gasteiger partial charge >= 0.3 is 0 Å². The van der Waals surface area contributed by atoms with Crippen molar-refractivity contribution in [1.82, 2.24) is 10.3 Å². The molecule has 98 valence electrons. The summed E-state index contributed by atoms with van der Waals surface area (Å²) in [5.74, 6) is 0.144. The van der Waals surface area contributed by atoms with Crippen LogP contribution in [0.2, 0.25) is 0 Å². The predicted molar refractivity (Wildman–Crippen MR) is 67.6 cm³/mol. The lowest BCUT2D eigenvalue weighted by molar-refractivity contribution is 0.0852. The van der Waals surface area contributed by atoms with Crippen LogP contribution in [0.5, 0.6) is 0 Å². The van der Waals surface area contributed by atoms with Gasteiger partial charge in [-0.05, 0) is 18.1 Å². The molecule has 0 bridgehead atoms. The maximum Gasteiger partial charge on any atom is 0.274 e. The number of benzene rings is 1. The third-order valence-electron chi connectivity index (χ3n) is 3.45. The van der Waals surface area contributed by atoms with Crippen molar-refractivity contribution in [1.29, 1.82) is 0 Å². The van der Waals surface area contributed by atoms with Crippen molar-refractivity contribution in [3.8, 4) is 0 Å². The quantitative estimate of drug-likeness (QED) is 0.853. The van der Waals surface area contributed by atoms with Gasteiger partial charge in [0.15, 0.2) is 12.1 Å². The summed E-state index contributed by atoms with van der Waals surface area (Å²) < 4.78 is 5.01. The lowest BCUT2D eigenvalue weighted by Crippen LogP contribution is -2.34. The summed E-state index contributed by atoms with van der Waals surface area (Å²) in [6.07, 6.45) is 1.19. The molecule has 19 heavy (non-hydrogen) atoms. The van der Waals surface area contributed by atoms with Crippen LogP contribution >= 0.6 is 0 Å². The second kappa shape index (κ2) is 4.51. The summed E-state index contributed by atoms with van der Waals surface area (Å²) in [5, 5.41) is 12.9. The minimum Gasteiger partial charge on any atom is -0.448 e. The van der Waals surface area contributed by atoms with Gasteiger partial charge in [-0.3, -0.25) is 4.79 Å². The number of aliphatic hydroxyl groups excluding tert-OH is 1. The molecule has 0 fully saturated rings. The third-order valence-corrected chi connectivity index (χ3v) is 3.45. The average molecular weight is 258 g/mol. The molecule has 5 nitrogen and oxygen atoms in total. The van der Waals surface area contributed by atoms with Crippen molar-refractivity contribution in [3.05, 3.63) is 53.2 Å². The van der Waals surface area contributed by atoms with Crippen LogP contribution in [0.3, 0.4) is 0 Å². The van der Waals surface area contributed by atoms with E-state index in [1.54, 1.807) is 6.92 Å². The van der Waals surface area contributed by atoms with E-state index in [-0.39, 0.29) is 17.6 Å². The van der Waals surface area contributed by atoms with Gasteiger partial charge in [0.2, 0.25) is 0 Å². The molecule has 0 saturated heterocycles. The largest absolute Gasteiger partial charge is 0.448 e. The van der Waals surface area contributed by atoms with Crippen LogP contribution < -0.4 is 5.32 Å². The molecule has 3 rings (SSSR count). The molecule has 0 aliphatic heterocycles. The molecule has 0 radical (unpaired) electrons. The zero-order valence-electron chi connectivity index (χ0n) is 10.5. The Morgan fingerprint density at radius 1 is 1.47 bits per heavy atom. The number of carbonyl (C=O) groups is 1. The summed E-state index contributed by atoms with van der Waals surface area (Å²) in [6, 6.07) is 7.33. The van der Waals surface area contributed by atoms with E-state index >= 15 is 0 Å². The molecule has 0 unspecified atom stereocenters. The Morgan fingerprint density at radius 2 is 2.26 bits per heavy atom. The monoisotopic (exact) mass is 258 g/mol. The summed E-state index contributed by atoms with van der Waals surface area (Å²) in [5.41, 5.74) is 2.29. The van der Waals surface area contributed by atoms with E-state index < -0.39 is 6.10 Å². The smallest absolute Gasteiger partial charge is 0.274 e. The van der Waals surface area contributed by atoms with Crippen molar-refractivity contribution in [2.75, 3.05) is 0 Å². The van der Waals surface area contributed by atoms with Gasteiger partial charge in [0.1, 0.15) is 5.76 Å². The lowest BCUT2D eigenvalue weighted by Gasteiger charge is -2.17. The van der Waals surface area contributed by atoms with Gasteiger partial charge in [0, 0.05) is 6.42 Å². The lowest BCUT2D eigenvalue weighted by atomic mass is 10.1. The van der Waals surface area contributed by atoms with Crippen molar-refractivity contribution in [2.24, 2.45) is 0 Å². The Balaban J connectivity index is 1.84. The van der Waals surface area contributed by atoms with E-state index in [0.29, 0.717) is 12.2 Å². The maximum atomic E-state index is 12.1. The van der Waals surface area contributed by atoms with Crippen molar-refractivity contribution in [2.45, 2.75) is 25.5 Å². The van der Waals surface area contributed by atoms with Crippen LogP contribution in [0.1, 0.15) is 33.4 Å². The molecule has 0 saturated carbocycles. The minimum atomic E-state index is -0.603. The van der Waals surface area contributed by atoms with Crippen molar-refractivity contribution in [3.63, 3.8) is 0 Å². The standard InChI is InChI=1S/C14H14N2O3/c1-8-12(15-7-19-8)14(18)16-13-10-5-3-2-4-9(10)6-11(13)17/h2-5,7,11,13,17H,6H2,1H3,(H,16,18)/t11-,13-/m1/s1. The molecule has 1 amide bonds. The second-order valence-corrected chi connectivity index (χ2v) is 4.68. The zero-order chi connectivity index (χ0) is 13.4. The summed E-state index contributed by atoms with van der Waals surface area (Å²) in [7, 11) is 0. The van der Waals surface area contributed by atoms with E-state index in [1.165, 1.54) is 6.39 Å². The molecule has 2 atom stereocenters. The van der Waals surface area contributed by atoms with Crippen LogP contribution in [0.15, 0.2) is 35.1 Å². The molecule has 1 heterocycles. The molecular weight excluding hydrogens is 244 g/mol. The normalized spacial score (nSPS) is 21.2. The van der Waals surface area contributed by atoms with Gasteiger partial charge in [0.05, 0.1) is 12.1 Å². The Morgan fingerprint density at radius 3 is 3.00 bits per heavy atom. The molecule has 2 aromatic rings. The summed E-state index contributed by atoms with van der Waals surface area (Å²) in [6.45, 7) is 1.68. The number of hydrogen-bond donors (Lipinski definition) is 2. The van der Waals surface area contributed by atoms with Crippen LogP contribution in [-0.4, -0.2) is 22.1 Å². The van der Waals surface area contributed by atoms with E-state index in [2.05, 4.69) is 10.3 Å². The Bertz CT molecular complexity index is 621. The van der Waals surface area contributed by atoms with Gasteiger partial charge in [-0.2, -0.15) is 0 Å². The van der Waals surface area contributed by atoms with Gasteiger partial charge in [-0.15, -0.1) is 0 Å². The number of amides is 1. The first kappa shape index (κ1) is 11.9. The Kier molecular flexibility index (Phi) is 2.83. The van der Waals surface area contributed by atoms with Crippen LogP contribution in [-0.2, 0) is 6.42 Å². The molecule has 1 aromatic heterocycles. The molecular formula is C14H14N2O3. The topological polar surface area (TPSA) is 75.4 Å². The van der Waals surface area contributed by atoms with E-state index in [4.69, 9.17) is 4.42 Å². The zero-order valence-corrected chi connectivity index (χ0v) is 10.5. The minimum absolute atomic E-state index is 0.261. The second-order valence-electron chi connectivity index (χ2n) is 4.68. The highest BCUT2D eigenvalue weighted by Crippen LogP contribution is 2.31. The first-order valence-electron chi connectivity index (χ1n) is 6.13. The van der Waals surface area contributed by atoms with Gasteiger partial charge in [-0.1, -0.05) is 24.3 Å². The number of rotatable bonds is 2. The molecule has 1 aliphatic carbocycles. The summed E-state index contributed by atoms with van der Waals surface area (Å²) >= 11 is 0. The molecule has 2 N–H and O–H groups in total. The number of aliphatic hydroxyl groups is 1. The SMILES string of the molecule is Cc1ocnc1C(=O)N[C@@H]1c2ccccc2C[C@H]1O. The Hall–Kier alpha value is -2.14. The first-order chi connectivity index (χ1) is 9.16. The highest BCUT2D eigenvalue weighted by atomic mass is 16.3. The molecule has 5 heteroatoms. The number of fused-ring (bicyclic) bond motifs is 1. The average Bonchev–Trinajstić information content (AvgIpc) is 2.94.